The van der Waals surface area contributed by atoms with E-state index < -0.39 is 12.0 Å². The molecule has 1 unspecified atom stereocenters. The summed E-state index contributed by atoms with van der Waals surface area (Å²) < 4.78 is 0. The maximum absolute atomic E-state index is 10.9. The zero-order valence-electron chi connectivity index (χ0n) is 10.6. The monoisotopic (exact) mass is 257 g/mol. The molecule has 0 fully saturated rings. The van der Waals surface area contributed by atoms with Crippen LogP contribution in [0.3, 0.4) is 0 Å². The first-order chi connectivity index (χ1) is 9.20. The molecule has 0 radical (unpaired) electrons. The lowest BCUT2D eigenvalue weighted by atomic mass is 10.1. The van der Waals surface area contributed by atoms with Crippen LogP contribution >= 0.6 is 0 Å². The van der Waals surface area contributed by atoms with Gasteiger partial charge in [0.1, 0.15) is 11.9 Å². The van der Waals surface area contributed by atoms with Crippen LogP contribution in [0.5, 0.6) is 0 Å². The SMILES string of the molecule is CCC(Nc1ccc(-c2ccccc2)nn1)C(=O)O. The number of aromatic nitrogens is 2. The smallest absolute Gasteiger partial charge is 0.326 e. The number of hydrogen-bond acceptors (Lipinski definition) is 4. The number of nitrogens with one attached hydrogen (secondary N) is 1. The molecule has 0 spiro atoms. The number of carbonyl (C=O) groups is 1. The summed E-state index contributed by atoms with van der Waals surface area (Å²) in [7, 11) is 0. The first-order valence-electron chi connectivity index (χ1n) is 6.09. The normalized spacial score (nSPS) is 11.8. The topological polar surface area (TPSA) is 75.1 Å². The van der Waals surface area contributed by atoms with Crippen LogP contribution < -0.4 is 5.32 Å². The molecule has 19 heavy (non-hydrogen) atoms. The van der Waals surface area contributed by atoms with E-state index in [4.69, 9.17) is 5.11 Å². The summed E-state index contributed by atoms with van der Waals surface area (Å²) in [5.74, 6) is -0.426. The fraction of sp³-hybridized carbons (Fsp3) is 0.214. The zero-order chi connectivity index (χ0) is 13.7. The van der Waals surface area contributed by atoms with Crippen LogP contribution in [0.25, 0.3) is 11.3 Å². The maximum atomic E-state index is 10.9. The minimum Gasteiger partial charge on any atom is -0.480 e. The molecule has 0 amide bonds. The number of hydrogen-bond donors (Lipinski definition) is 2. The third kappa shape index (κ3) is 3.28. The lowest BCUT2D eigenvalue weighted by molar-refractivity contribution is -0.137. The van der Waals surface area contributed by atoms with Crippen LogP contribution in [-0.4, -0.2) is 27.3 Å². The molecule has 0 aliphatic carbocycles. The Morgan fingerprint density at radius 2 is 1.95 bits per heavy atom. The van der Waals surface area contributed by atoms with E-state index in [2.05, 4.69) is 15.5 Å². The molecule has 2 aromatic rings. The molecular weight excluding hydrogens is 242 g/mol. The van der Waals surface area contributed by atoms with Gasteiger partial charge in [-0.05, 0) is 18.6 Å². The van der Waals surface area contributed by atoms with Crippen LogP contribution in [0, 0.1) is 0 Å². The van der Waals surface area contributed by atoms with Crippen molar-refractivity contribution >= 4 is 11.8 Å². The van der Waals surface area contributed by atoms with Crippen molar-refractivity contribution in [1.29, 1.82) is 0 Å². The molecule has 0 saturated heterocycles. The Morgan fingerprint density at radius 1 is 1.21 bits per heavy atom. The van der Waals surface area contributed by atoms with E-state index in [0.29, 0.717) is 12.2 Å². The Hall–Kier alpha value is -2.43. The number of carboxylic acid groups (broad SMARTS) is 1. The molecule has 0 saturated carbocycles. The third-order valence-corrected chi connectivity index (χ3v) is 2.76. The van der Waals surface area contributed by atoms with E-state index in [9.17, 15) is 4.79 Å². The number of benzene rings is 1. The van der Waals surface area contributed by atoms with Crippen LogP contribution in [0.2, 0.25) is 0 Å². The van der Waals surface area contributed by atoms with Crippen molar-refractivity contribution in [3.8, 4) is 11.3 Å². The molecule has 0 aliphatic heterocycles. The molecule has 1 aromatic heterocycles. The molecule has 0 aliphatic rings. The Kier molecular flexibility index (Phi) is 4.07. The minimum absolute atomic E-state index is 0.467. The van der Waals surface area contributed by atoms with E-state index >= 15 is 0 Å². The van der Waals surface area contributed by atoms with Crippen LogP contribution in [0.4, 0.5) is 5.82 Å². The van der Waals surface area contributed by atoms with E-state index in [1.807, 2.05) is 36.4 Å². The van der Waals surface area contributed by atoms with Crippen LogP contribution in [0.15, 0.2) is 42.5 Å². The van der Waals surface area contributed by atoms with Gasteiger partial charge in [0.2, 0.25) is 0 Å². The lowest BCUT2D eigenvalue weighted by Crippen LogP contribution is -2.28. The summed E-state index contributed by atoms with van der Waals surface area (Å²) in [6.07, 6.45) is 0.484. The molecule has 1 aromatic carbocycles. The quantitative estimate of drug-likeness (QED) is 0.860. The lowest BCUT2D eigenvalue weighted by Gasteiger charge is -2.12. The maximum Gasteiger partial charge on any atom is 0.326 e. The predicted molar refractivity (Wildman–Crippen MR) is 72.8 cm³/mol. The summed E-state index contributed by atoms with van der Waals surface area (Å²) in [4.78, 5) is 10.9. The molecule has 5 heteroatoms. The van der Waals surface area contributed by atoms with E-state index in [1.165, 1.54) is 0 Å². The van der Waals surface area contributed by atoms with Gasteiger partial charge in [-0.3, -0.25) is 0 Å². The fourth-order valence-corrected chi connectivity index (χ4v) is 1.69. The highest BCUT2D eigenvalue weighted by atomic mass is 16.4. The van der Waals surface area contributed by atoms with Crippen molar-refractivity contribution in [2.45, 2.75) is 19.4 Å². The number of rotatable bonds is 5. The van der Waals surface area contributed by atoms with E-state index in [1.54, 1.807) is 13.0 Å². The predicted octanol–water partition coefficient (Wildman–Crippen LogP) is 2.42. The van der Waals surface area contributed by atoms with Gasteiger partial charge in [-0.15, -0.1) is 10.2 Å². The van der Waals surface area contributed by atoms with Crippen molar-refractivity contribution in [3.05, 3.63) is 42.5 Å². The van der Waals surface area contributed by atoms with Crippen molar-refractivity contribution in [1.82, 2.24) is 10.2 Å². The Bertz CT molecular complexity index is 540. The van der Waals surface area contributed by atoms with Gasteiger partial charge in [0, 0.05) is 5.56 Å². The second kappa shape index (κ2) is 5.95. The van der Waals surface area contributed by atoms with Gasteiger partial charge in [-0.1, -0.05) is 37.3 Å². The zero-order valence-corrected chi connectivity index (χ0v) is 10.6. The molecule has 2 N–H and O–H groups in total. The Morgan fingerprint density at radius 3 is 2.47 bits per heavy atom. The highest BCUT2D eigenvalue weighted by Crippen LogP contribution is 2.16. The molecule has 1 atom stereocenters. The van der Waals surface area contributed by atoms with Crippen LogP contribution in [-0.2, 0) is 4.79 Å². The molecule has 1 heterocycles. The minimum atomic E-state index is -0.892. The highest BCUT2D eigenvalue weighted by Gasteiger charge is 2.14. The van der Waals surface area contributed by atoms with Gasteiger partial charge < -0.3 is 10.4 Å². The van der Waals surface area contributed by atoms with Gasteiger partial charge in [-0.2, -0.15) is 0 Å². The van der Waals surface area contributed by atoms with Gasteiger partial charge in [0.15, 0.2) is 0 Å². The van der Waals surface area contributed by atoms with Crippen molar-refractivity contribution in [2.75, 3.05) is 5.32 Å². The average molecular weight is 257 g/mol. The Balaban J connectivity index is 2.13. The summed E-state index contributed by atoms with van der Waals surface area (Å²) in [6.45, 7) is 1.80. The largest absolute Gasteiger partial charge is 0.480 e. The molecular formula is C14H15N3O2. The average Bonchev–Trinajstić information content (AvgIpc) is 2.46. The number of anilines is 1. The second-order valence-corrected chi connectivity index (χ2v) is 4.11. The molecule has 5 nitrogen and oxygen atoms in total. The third-order valence-electron chi connectivity index (χ3n) is 2.76. The van der Waals surface area contributed by atoms with Gasteiger partial charge >= 0.3 is 5.97 Å². The van der Waals surface area contributed by atoms with E-state index in [-0.39, 0.29) is 0 Å². The Labute approximate surface area is 111 Å². The number of nitrogens with zero attached hydrogens (tertiary/aromatic N) is 2. The van der Waals surface area contributed by atoms with Gasteiger partial charge in [0.05, 0.1) is 5.69 Å². The van der Waals surface area contributed by atoms with Crippen molar-refractivity contribution in [2.24, 2.45) is 0 Å². The fourth-order valence-electron chi connectivity index (χ4n) is 1.69. The summed E-state index contributed by atoms with van der Waals surface area (Å²) >= 11 is 0. The molecule has 0 bridgehead atoms. The number of carboxylic acids is 1. The van der Waals surface area contributed by atoms with Gasteiger partial charge in [0.25, 0.3) is 0 Å². The highest BCUT2D eigenvalue weighted by molar-refractivity contribution is 5.76. The second-order valence-electron chi connectivity index (χ2n) is 4.11. The van der Waals surface area contributed by atoms with Crippen LogP contribution in [0.1, 0.15) is 13.3 Å². The number of aliphatic carboxylic acids is 1. The summed E-state index contributed by atoms with van der Waals surface area (Å²) in [5, 5.41) is 19.9. The first kappa shape index (κ1) is 13.0. The van der Waals surface area contributed by atoms with Crippen molar-refractivity contribution < 1.29 is 9.90 Å². The standard InChI is InChI=1S/C14H15N3O2/c1-2-11(14(18)19)15-13-9-8-12(16-17-13)10-6-4-3-5-7-10/h3-9,11H,2H2,1H3,(H,15,17)(H,18,19). The molecule has 98 valence electrons. The van der Waals surface area contributed by atoms with Crippen molar-refractivity contribution in [3.63, 3.8) is 0 Å². The summed E-state index contributed by atoms with van der Waals surface area (Å²) in [6, 6.07) is 12.6. The van der Waals surface area contributed by atoms with E-state index in [0.717, 1.165) is 11.3 Å². The van der Waals surface area contributed by atoms with Gasteiger partial charge in [-0.25, -0.2) is 4.79 Å². The summed E-state index contributed by atoms with van der Waals surface area (Å²) in [5.41, 5.74) is 1.74. The molecule has 2 rings (SSSR count). The first-order valence-corrected chi connectivity index (χ1v) is 6.09.